The second-order valence-electron chi connectivity index (χ2n) is 2.83. The molecular formula is C10H6NO3. The first-order chi connectivity index (χ1) is 6.74. The summed E-state index contributed by atoms with van der Waals surface area (Å²) in [5.74, 6) is -0.320. The maximum atomic E-state index is 11.2. The summed E-state index contributed by atoms with van der Waals surface area (Å²) in [7, 11) is 0. The predicted octanol–water partition coefficient (Wildman–Crippen LogP) is 0.691. The lowest BCUT2D eigenvalue weighted by molar-refractivity contribution is 0.477. The molecule has 1 aromatic carbocycles. The Morgan fingerprint density at radius 1 is 1.29 bits per heavy atom. The number of aromatic hydroxyl groups is 1. The van der Waals surface area contributed by atoms with E-state index in [4.69, 9.17) is 0 Å². The number of fused-ring (bicyclic) bond motifs is 1. The first-order valence-corrected chi connectivity index (χ1v) is 3.96. The van der Waals surface area contributed by atoms with Crippen molar-refractivity contribution in [1.82, 2.24) is 4.98 Å². The summed E-state index contributed by atoms with van der Waals surface area (Å²) < 4.78 is 0. The highest BCUT2D eigenvalue weighted by Crippen LogP contribution is 2.22. The molecule has 14 heavy (non-hydrogen) atoms. The van der Waals surface area contributed by atoms with E-state index in [9.17, 15) is 14.7 Å². The lowest BCUT2D eigenvalue weighted by Gasteiger charge is -2.01. The van der Waals surface area contributed by atoms with Crippen LogP contribution in [-0.2, 0) is 4.79 Å². The Labute approximate surface area is 78.8 Å². The van der Waals surface area contributed by atoms with Crippen LogP contribution in [0.4, 0.5) is 0 Å². The first kappa shape index (κ1) is 8.50. The van der Waals surface area contributed by atoms with Gasteiger partial charge in [-0.1, -0.05) is 12.1 Å². The number of rotatable bonds is 1. The largest absolute Gasteiger partial charge is 0.506 e. The van der Waals surface area contributed by atoms with Crippen LogP contribution in [0.15, 0.2) is 29.1 Å². The molecule has 0 amide bonds. The minimum Gasteiger partial charge on any atom is -0.506 e. The zero-order valence-corrected chi connectivity index (χ0v) is 7.07. The summed E-state index contributed by atoms with van der Waals surface area (Å²) in [6.07, 6.45) is 1.41. The zero-order chi connectivity index (χ0) is 10.1. The molecule has 0 aliphatic heterocycles. The molecule has 0 aliphatic rings. The lowest BCUT2D eigenvalue weighted by Crippen LogP contribution is -2.11. The third-order valence-corrected chi connectivity index (χ3v) is 2.00. The highest BCUT2D eigenvalue weighted by Gasteiger charge is 2.10. The van der Waals surface area contributed by atoms with Gasteiger partial charge in [0.15, 0.2) is 0 Å². The van der Waals surface area contributed by atoms with Crippen LogP contribution in [0, 0.1) is 0 Å². The van der Waals surface area contributed by atoms with Gasteiger partial charge in [0.1, 0.15) is 11.3 Å². The Hall–Kier alpha value is -2.10. The summed E-state index contributed by atoms with van der Waals surface area (Å²) in [4.78, 5) is 24.1. The van der Waals surface area contributed by atoms with Gasteiger partial charge in [0.05, 0.1) is 5.52 Å². The summed E-state index contributed by atoms with van der Waals surface area (Å²) in [6, 6.07) is 6.68. The topological polar surface area (TPSA) is 70.2 Å². The molecule has 0 saturated heterocycles. The molecule has 1 radical (unpaired) electrons. The van der Waals surface area contributed by atoms with Crippen LogP contribution in [-0.4, -0.2) is 16.4 Å². The van der Waals surface area contributed by atoms with Crippen LogP contribution < -0.4 is 5.56 Å². The Morgan fingerprint density at radius 3 is 2.71 bits per heavy atom. The molecule has 0 spiro atoms. The zero-order valence-electron chi connectivity index (χ0n) is 7.07. The Balaban J connectivity index is 3.00. The van der Waals surface area contributed by atoms with Crippen molar-refractivity contribution < 1.29 is 9.90 Å². The van der Waals surface area contributed by atoms with Crippen molar-refractivity contribution >= 4 is 17.2 Å². The van der Waals surface area contributed by atoms with E-state index in [0.717, 1.165) is 0 Å². The van der Waals surface area contributed by atoms with Gasteiger partial charge in [-0.05, 0) is 12.1 Å². The molecule has 0 bridgehead atoms. The van der Waals surface area contributed by atoms with Crippen LogP contribution in [0.1, 0.15) is 5.56 Å². The first-order valence-electron chi connectivity index (χ1n) is 3.96. The molecule has 0 unspecified atom stereocenters. The highest BCUT2D eigenvalue weighted by atomic mass is 16.3. The number of carbonyl (C=O) groups excluding carboxylic acids is 1. The molecule has 0 atom stereocenters. The van der Waals surface area contributed by atoms with Gasteiger partial charge in [0.2, 0.25) is 6.29 Å². The molecule has 1 heterocycles. The van der Waals surface area contributed by atoms with Gasteiger partial charge >= 0.3 is 0 Å². The minimum atomic E-state index is -0.629. The van der Waals surface area contributed by atoms with Gasteiger partial charge in [-0.2, -0.15) is 0 Å². The van der Waals surface area contributed by atoms with E-state index in [1.165, 1.54) is 6.29 Å². The average molecular weight is 188 g/mol. The number of para-hydroxylation sites is 1. The monoisotopic (exact) mass is 188 g/mol. The van der Waals surface area contributed by atoms with Crippen molar-refractivity contribution in [3.05, 3.63) is 40.2 Å². The van der Waals surface area contributed by atoms with Gasteiger partial charge < -0.3 is 10.1 Å². The Morgan fingerprint density at radius 2 is 2.00 bits per heavy atom. The van der Waals surface area contributed by atoms with E-state index in [2.05, 4.69) is 4.98 Å². The van der Waals surface area contributed by atoms with Crippen LogP contribution in [0.25, 0.3) is 10.9 Å². The van der Waals surface area contributed by atoms with E-state index < -0.39 is 5.56 Å². The highest BCUT2D eigenvalue weighted by molar-refractivity contribution is 5.93. The second kappa shape index (κ2) is 2.99. The maximum Gasteiger partial charge on any atom is 0.263 e. The molecule has 1 aromatic heterocycles. The van der Waals surface area contributed by atoms with Crippen LogP contribution in [0.3, 0.4) is 0 Å². The van der Waals surface area contributed by atoms with Crippen molar-refractivity contribution in [2.75, 3.05) is 0 Å². The molecule has 2 rings (SSSR count). The van der Waals surface area contributed by atoms with E-state index in [0.29, 0.717) is 10.9 Å². The average Bonchev–Trinajstić information content (AvgIpc) is 2.18. The molecule has 4 heteroatoms. The molecule has 69 valence electrons. The van der Waals surface area contributed by atoms with Crippen LogP contribution in [0.5, 0.6) is 5.75 Å². The van der Waals surface area contributed by atoms with E-state index in [1.54, 1.807) is 24.3 Å². The Kier molecular flexibility index (Phi) is 1.81. The normalized spacial score (nSPS) is 10.3. The number of nitrogens with one attached hydrogen (secondary N) is 1. The summed E-state index contributed by atoms with van der Waals surface area (Å²) in [5, 5.41) is 9.98. The van der Waals surface area contributed by atoms with Gasteiger partial charge in [-0.3, -0.25) is 9.59 Å². The summed E-state index contributed by atoms with van der Waals surface area (Å²) in [5.41, 5.74) is -0.492. The Bertz CT molecular complexity index is 557. The molecule has 2 N–H and O–H groups in total. The van der Waals surface area contributed by atoms with Gasteiger partial charge in [0, 0.05) is 5.39 Å². The minimum absolute atomic E-state index is 0.320. The van der Waals surface area contributed by atoms with Crippen molar-refractivity contribution in [2.45, 2.75) is 0 Å². The number of benzene rings is 1. The number of hydrogen-bond acceptors (Lipinski definition) is 3. The smallest absolute Gasteiger partial charge is 0.263 e. The fraction of sp³-hybridized carbons (Fsp3) is 0. The van der Waals surface area contributed by atoms with Gasteiger partial charge in [-0.15, -0.1) is 0 Å². The van der Waals surface area contributed by atoms with Crippen LogP contribution in [0.2, 0.25) is 0 Å². The van der Waals surface area contributed by atoms with E-state index in [1.807, 2.05) is 0 Å². The number of H-pyrrole nitrogens is 1. The number of hydrogen-bond donors (Lipinski definition) is 2. The molecule has 2 aromatic rings. The number of aromatic nitrogens is 1. The van der Waals surface area contributed by atoms with Crippen molar-refractivity contribution in [3.8, 4) is 5.75 Å². The predicted molar refractivity (Wildman–Crippen MR) is 51.0 cm³/mol. The van der Waals surface area contributed by atoms with E-state index >= 15 is 0 Å². The van der Waals surface area contributed by atoms with E-state index in [-0.39, 0.29) is 11.3 Å². The van der Waals surface area contributed by atoms with Crippen LogP contribution >= 0.6 is 0 Å². The third-order valence-electron chi connectivity index (χ3n) is 2.00. The third kappa shape index (κ3) is 1.08. The maximum absolute atomic E-state index is 11.2. The van der Waals surface area contributed by atoms with Crippen molar-refractivity contribution in [1.29, 1.82) is 0 Å². The fourth-order valence-corrected chi connectivity index (χ4v) is 1.32. The van der Waals surface area contributed by atoms with Gasteiger partial charge in [0.25, 0.3) is 5.56 Å². The fourth-order valence-electron chi connectivity index (χ4n) is 1.32. The van der Waals surface area contributed by atoms with Crippen molar-refractivity contribution in [2.24, 2.45) is 0 Å². The molecule has 0 fully saturated rings. The SMILES string of the molecule is O=[C]c1c(O)c2ccccc2[nH]c1=O. The van der Waals surface area contributed by atoms with Crippen molar-refractivity contribution in [3.63, 3.8) is 0 Å². The molecule has 0 aliphatic carbocycles. The standard InChI is InChI=1S/C10H6NO3/c12-5-7-9(13)6-3-1-2-4-8(6)11-10(7)14/h1-4H,(H2,11,13,14). The van der Waals surface area contributed by atoms with Gasteiger partial charge in [-0.25, -0.2) is 0 Å². The summed E-state index contributed by atoms with van der Waals surface area (Å²) >= 11 is 0. The lowest BCUT2D eigenvalue weighted by atomic mass is 10.1. The molecular weight excluding hydrogens is 182 g/mol. The molecule has 0 saturated carbocycles. The molecule has 4 nitrogen and oxygen atoms in total. The number of aromatic amines is 1. The second-order valence-corrected chi connectivity index (χ2v) is 2.83. The summed E-state index contributed by atoms with van der Waals surface area (Å²) in [6.45, 7) is 0. The number of pyridine rings is 1. The quantitative estimate of drug-likeness (QED) is 0.691.